The second-order valence-electron chi connectivity index (χ2n) is 8.62. The zero-order valence-corrected chi connectivity index (χ0v) is 22.4. The maximum atomic E-state index is 13.5. The van der Waals surface area contributed by atoms with Crippen LogP contribution in [0.5, 0.6) is 17.2 Å². The van der Waals surface area contributed by atoms with Crippen LogP contribution < -0.4 is 18.5 Å². The monoisotopic (exact) mass is 523 g/mol. The number of anilines is 1. The van der Waals surface area contributed by atoms with Gasteiger partial charge < -0.3 is 14.2 Å². The van der Waals surface area contributed by atoms with E-state index in [2.05, 4.69) is 13.8 Å². The molecule has 0 aliphatic rings. The van der Waals surface area contributed by atoms with Crippen LogP contribution in [0.4, 0.5) is 5.69 Å². The van der Waals surface area contributed by atoms with Gasteiger partial charge >= 0.3 is 0 Å². The van der Waals surface area contributed by atoms with Gasteiger partial charge in [0.25, 0.3) is 15.9 Å². The fraction of sp³-hybridized carbons (Fsp3) is 0.276. The summed E-state index contributed by atoms with van der Waals surface area (Å²) >= 11 is 0. The SMILES string of the molecule is CCOc1ccc(N(C(=O)/C=C/c2ccc(OCCC(C)C)c(OC)c2)S(=O)(=O)c2ccccc2)cc1. The molecule has 0 radical (unpaired) electrons. The van der Waals surface area contributed by atoms with Gasteiger partial charge in [0.15, 0.2) is 11.5 Å². The van der Waals surface area contributed by atoms with Gasteiger partial charge in [0.2, 0.25) is 0 Å². The Morgan fingerprint density at radius 1 is 0.946 bits per heavy atom. The number of carbonyl (C=O) groups is 1. The lowest BCUT2D eigenvalue weighted by Gasteiger charge is -2.21. The summed E-state index contributed by atoms with van der Waals surface area (Å²) in [5.41, 5.74) is 0.860. The molecule has 0 aliphatic heterocycles. The summed E-state index contributed by atoms with van der Waals surface area (Å²) in [6.07, 6.45) is 3.69. The summed E-state index contributed by atoms with van der Waals surface area (Å²) in [5.74, 6) is 1.51. The van der Waals surface area contributed by atoms with Crippen LogP contribution in [0.15, 0.2) is 83.8 Å². The fourth-order valence-electron chi connectivity index (χ4n) is 3.47. The minimum atomic E-state index is -4.17. The molecule has 3 aromatic carbocycles. The predicted octanol–water partition coefficient (Wildman–Crippen LogP) is 5.95. The summed E-state index contributed by atoms with van der Waals surface area (Å²) < 4.78 is 44.5. The molecular weight excluding hydrogens is 490 g/mol. The second-order valence-corrected chi connectivity index (χ2v) is 10.4. The number of hydrogen-bond acceptors (Lipinski definition) is 6. The first-order valence-corrected chi connectivity index (χ1v) is 13.6. The molecule has 0 aromatic heterocycles. The lowest BCUT2D eigenvalue weighted by atomic mass is 10.1. The van der Waals surface area contributed by atoms with Crippen molar-refractivity contribution in [2.24, 2.45) is 5.92 Å². The van der Waals surface area contributed by atoms with Gasteiger partial charge in [-0.3, -0.25) is 4.79 Å². The van der Waals surface area contributed by atoms with Gasteiger partial charge in [-0.2, -0.15) is 4.31 Å². The number of sulfonamides is 1. The normalized spacial score (nSPS) is 11.5. The lowest BCUT2D eigenvalue weighted by molar-refractivity contribution is -0.113. The molecule has 0 N–H and O–H groups in total. The highest BCUT2D eigenvalue weighted by atomic mass is 32.2. The molecule has 37 heavy (non-hydrogen) atoms. The maximum absolute atomic E-state index is 13.5. The number of methoxy groups -OCH3 is 1. The van der Waals surface area contributed by atoms with Crippen LogP contribution in [0.2, 0.25) is 0 Å². The second kappa shape index (κ2) is 13.0. The van der Waals surface area contributed by atoms with E-state index in [1.807, 2.05) is 6.92 Å². The van der Waals surface area contributed by atoms with Crippen molar-refractivity contribution in [3.8, 4) is 17.2 Å². The molecule has 7 nitrogen and oxygen atoms in total. The number of hydrogen-bond donors (Lipinski definition) is 0. The molecule has 0 atom stereocenters. The Hall–Kier alpha value is -3.78. The van der Waals surface area contributed by atoms with E-state index in [1.54, 1.807) is 73.8 Å². The van der Waals surface area contributed by atoms with Gasteiger partial charge in [-0.25, -0.2) is 8.42 Å². The van der Waals surface area contributed by atoms with E-state index in [0.29, 0.717) is 41.9 Å². The number of rotatable bonds is 12. The summed E-state index contributed by atoms with van der Waals surface area (Å²) in [5, 5.41) is 0. The van der Waals surface area contributed by atoms with Gasteiger partial charge in [0.05, 0.1) is 30.9 Å². The fourth-order valence-corrected chi connectivity index (χ4v) is 4.88. The number of benzene rings is 3. The van der Waals surface area contributed by atoms with E-state index in [-0.39, 0.29) is 10.6 Å². The minimum absolute atomic E-state index is 0.00945. The van der Waals surface area contributed by atoms with Gasteiger partial charge in [-0.05, 0) is 79.4 Å². The highest BCUT2D eigenvalue weighted by molar-refractivity contribution is 7.93. The van der Waals surface area contributed by atoms with Crippen LogP contribution in [0.1, 0.15) is 32.8 Å². The molecule has 0 bridgehead atoms. The zero-order chi connectivity index (χ0) is 26.8. The van der Waals surface area contributed by atoms with E-state index >= 15 is 0 Å². The molecule has 1 amide bonds. The molecule has 0 spiro atoms. The van der Waals surface area contributed by atoms with Crippen molar-refractivity contribution < 1.29 is 27.4 Å². The Bertz CT molecular complexity index is 1300. The van der Waals surface area contributed by atoms with Crippen LogP contribution in [-0.2, 0) is 14.8 Å². The first kappa shape index (κ1) is 27.8. The van der Waals surface area contributed by atoms with Crippen molar-refractivity contribution in [2.45, 2.75) is 32.1 Å². The van der Waals surface area contributed by atoms with E-state index in [9.17, 15) is 13.2 Å². The van der Waals surface area contributed by atoms with Crippen molar-refractivity contribution in [1.82, 2.24) is 0 Å². The van der Waals surface area contributed by atoms with Crippen molar-refractivity contribution in [3.63, 3.8) is 0 Å². The molecule has 0 unspecified atom stereocenters. The third kappa shape index (κ3) is 7.36. The zero-order valence-electron chi connectivity index (χ0n) is 21.6. The summed E-state index contributed by atoms with van der Waals surface area (Å²) in [7, 11) is -2.63. The van der Waals surface area contributed by atoms with Crippen molar-refractivity contribution in [3.05, 3.63) is 84.4 Å². The molecule has 0 saturated heterocycles. The molecule has 3 rings (SSSR count). The molecule has 0 fully saturated rings. The molecule has 0 aliphatic carbocycles. The van der Waals surface area contributed by atoms with Crippen LogP contribution in [0.3, 0.4) is 0 Å². The number of nitrogens with zero attached hydrogens (tertiary/aromatic N) is 1. The summed E-state index contributed by atoms with van der Waals surface area (Å²) in [4.78, 5) is 13.4. The number of carbonyl (C=O) groups excluding carboxylic acids is 1. The van der Waals surface area contributed by atoms with Crippen molar-refractivity contribution in [2.75, 3.05) is 24.6 Å². The summed E-state index contributed by atoms with van der Waals surface area (Å²) in [6, 6.07) is 19.5. The van der Waals surface area contributed by atoms with E-state index in [0.717, 1.165) is 10.7 Å². The van der Waals surface area contributed by atoms with Gasteiger partial charge in [0, 0.05) is 6.08 Å². The highest BCUT2D eigenvalue weighted by Crippen LogP contribution is 2.30. The quantitative estimate of drug-likeness (QED) is 0.273. The van der Waals surface area contributed by atoms with Crippen LogP contribution in [0.25, 0.3) is 6.08 Å². The molecule has 3 aromatic rings. The number of amides is 1. The molecular formula is C29H33NO6S. The molecule has 0 heterocycles. The highest BCUT2D eigenvalue weighted by Gasteiger charge is 2.29. The Morgan fingerprint density at radius 2 is 1.65 bits per heavy atom. The van der Waals surface area contributed by atoms with Gasteiger partial charge in [-0.15, -0.1) is 0 Å². The standard InChI is InChI=1S/C29H33NO6S/c1-5-35-25-15-13-24(14-16-25)30(37(32,33)26-9-7-6-8-10-26)29(31)18-12-23-11-17-27(28(21-23)34-4)36-20-19-22(2)3/h6-18,21-22H,5,19-20H2,1-4H3/b18-12+. The van der Waals surface area contributed by atoms with Gasteiger partial charge in [0.1, 0.15) is 5.75 Å². The molecule has 0 saturated carbocycles. The maximum Gasteiger partial charge on any atom is 0.271 e. The largest absolute Gasteiger partial charge is 0.494 e. The predicted molar refractivity (Wildman–Crippen MR) is 146 cm³/mol. The Labute approximate surface area is 219 Å². The smallest absolute Gasteiger partial charge is 0.271 e. The number of ether oxygens (including phenoxy) is 3. The average Bonchev–Trinajstić information content (AvgIpc) is 2.89. The lowest BCUT2D eigenvalue weighted by Crippen LogP contribution is -2.35. The van der Waals surface area contributed by atoms with Crippen LogP contribution in [0, 0.1) is 5.92 Å². The Kier molecular flexibility index (Phi) is 9.74. The van der Waals surface area contributed by atoms with Crippen LogP contribution >= 0.6 is 0 Å². The third-order valence-corrected chi connectivity index (χ3v) is 7.16. The minimum Gasteiger partial charge on any atom is -0.494 e. The van der Waals surface area contributed by atoms with Crippen LogP contribution in [-0.4, -0.2) is 34.6 Å². The van der Waals surface area contributed by atoms with E-state index < -0.39 is 15.9 Å². The Morgan fingerprint density at radius 3 is 2.27 bits per heavy atom. The average molecular weight is 524 g/mol. The summed E-state index contributed by atoms with van der Waals surface area (Å²) in [6.45, 7) is 7.14. The van der Waals surface area contributed by atoms with E-state index in [1.165, 1.54) is 18.2 Å². The Balaban J connectivity index is 1.91. The first-order valence-electron chi connectivity index (χ1n) is 12.1. The van der Waals surface area contributed by atoms with Crippen molar-refractivity contribution in [1.29, 1.82) is 0 Å². The third-order valence-electron chi connectivity index (χ3n) is 5.42. The van der Waals surface area contributed by atoms with Crippen molar-refractivity contribution >= 4 is 27.7 Å². The first-order chi connectivity index (χ1) is 17.8. The van der Waals surface area contributed by atoms with Gasteiger partial charge in [-0.1, -0.05) is 38.1 Å². The topological polar surface area (TPSA) is 82.1 Å². The molecule has 196 valence electrons. The molecule has 8 heteroatoms. The van der Waals surface area contributed by atoms with E-state index in [4.69, 9.17) is 14.2 Å².